The molecule has 5 rings (SSSR count). The largest absolute Gasteiger partial charge is 0.451 e. The van der Waals surface area contributed by atoms with E-state index in [2.05, 4.69) is 35.2 Å². The molecule has 0 spiro atoms. The number of nitrogens with zero attached hydrogens (tertiary/aromatic N) is 3. The van der Waals surface area contributed by atoms with Crippen molar-refractivity contribution in [2.24, 2.45) is 0 Å². The third-order valence-electron chi connectivity index (χ3n) is 6.58. The minimum Gasteiger partial charge on any atom is -0.451 e. The maximum atomic E-state index is 13.1. The number of furan rings is 1. The van der Waals surface area contributed by atoms with E-state index in [1.807, 2.05) is 23.1 Å². The van der Waals surface area contributed by atoms with Gasteiger partial charge >= 0.3 is 0 Å². The molecule has 2 aromatic carbocycles. The van der Waals surface area contributed by atoms with Crippen LogP contribution in [0.3, 0.4) is 0 Å². The molecule has 170 valence electrons. The number of fused-ring (bicyclic) bond motifs is 2. The Labute approximate surface area is 194 Å². The number of hydrogen-bond donors (Lipinski definition) is 0. The average Bonchev–Trinajstić information content (AvgIpc) is 3.27. The molecule has 0 aliphatic carbocycles. The van der Waals surface area contributed by atoms with Crippen LogP contribution in [0.2, 0.25) is 0 Å². The van der Waals surface area contributed by atoms with E-state index in [0.717, 1.165) is 49.0 Å². The van der Waals surface area contributed by atoms with E-state index in [4.69, 9.17) is 4.42 Å². The molecule has 0 fully saturated rings. The third-order valence-corrected chi connectivity index (χ3v) is 6.58. The summed E-state index contributed by atoms with van der Waals surface area (Å²) in [5, 5.41) is 0.897. The predicted octanol–water partition coefficient (Wildman–Crippen LogP) is 3.81. The second-order valence-corrected chi connectivity index (χ2v) is 9.13. The van der Waals surface area contributed by atoms with Crippen LogP contribution in [0.4, 0.5) is 0 Å². The van der Waals surface area contributed by atoms with E-state index >= 15 is 0 Å². The lowest BCUT2D eigenvalue weighted by Gasteiger charge is -2.32. The number of carbonyl (C=O) groups excluding carboxylic acids is 2. The van der Waals surface area contributed by atoms with Gasteiger partial charge < -0.3 is 14.2 Å². The third kappa shape index (κ3) is 4.44. The molecule has 0 unspecified atom stereocenters. The molecule has 2 aliphatic rings. The molecule has 1 aromatic heterocycles. The lowest BCUT2D eigenvalue weighted by atomic mass is 9.99. The van der Waals surface area contributed by atoms with Crippen LogP contribution in [0.15, 0.2) is 59.0 Å². The monoisotopic (exact) mass is 443 g/mol. The Morgan fingerprint density at radius 2 is 1.82 bits per heavy atom. The Bertz CT molecular complexity index is 1240. The van der Waals surface area contributed by atoms with Gasteiger partial charge in [0.05, 0.1) is 6.54 Å². The van der Waals surface area contributed by atoms with Crippen molar-refractivity contribution in [1.29, 1.82) is 0 Å². The highest BCUT2D eigenvalue weighted by Crippen LogP contribution is 2.27. The van der Waals surface area contributed by atoms with Crippen LogP contribution < -0.4 is 0 Å². The van der Waals surface area contributed by atoms with Gasteiger partial charge in [-0.1, -0.05) is 36.4 Å². The Kier molecular flexibility index (Phi) is 5.77. The van der Waals surface area contributed by atoms with Crippen molar-refractivity contribution >= 4 is 28.4 Å². The summed E-state index contributed by atoms with van der Waals surface area (Å²) >= 11 is 0. The molecule has 2 amide bonds. The highest BCUT2D eigenvalue weighted by Gasteiger charge is 2.24. The van der Waals surface area contributed by atoms with Gasteiger partial charge in [0.1, 0.15) is 5.58 Å². The van der Waals surface area contributed by atoms with Crippen molar-refractivity contribution in [2.45, 2.75) is 19.4 Å². The summed E-state index contributed by atoms with van der Waals surface area (Å²) < 4.78 is 5.72. The molecule has 0 N–H and O–H groups in total. The molecular weight excluding hydrogens is 414 g/mol. The van der Waals surface area contributed by atoms with Crippen LogP contribution in [-0.4, -0.2) is 66.8 Å². The maximum absolute atomic E-state index is 13.1. The number of hydrogen-bond acceptors (Lipinski definition) is 4. The van der Waals surface area contributed by atoms with Gasteiger partial charge in [0.15, 0.2) is 5.76 Å². The molecule has 33 heavy (non-hydrogen) atoms. The SMILES string of the molecule is CN(C)C(=O)c1cc2cc(C3=CCCN(C(=O)CN4CCc5ccccc5C4)C3)ccc2o1. The minimum absolute atomic E-state index is 0.151. The Morgan fingerprint density at radius 3 is 2.64 bits per heavy atom. The molecule has 6 heteroatoms. The first kappa shape index (κ1) is 21.5. The summed E-state index contributed by atoms with van der Waals surface area (Å²) in [5.74, 6) is 0.370. The summed E-state index contributed by atoms with van der Waals surface area (Å²) in [6.07, 6.45) is 4.06. The Hall–Kier alpha value is -3.38. The van der Waals surface area contributed by atoms with Crippen LogP contribution >= 0.6 is 0 Å². The van der Waals surface area contributed by atoms with Crippen LogP contribution in [0.1, 0.15) is 33.7 Å². The van der Waals surface area contributed by atoms with Gasteiger partial charge in [-0.2, -0.15) is 0 Å². The van der Waals surface area contributed by atoms with Gasteiger partial charge in [-0.05, 0) is 53.3 Å². The van der Waals surface area contributed by atoms with Crippen molar-refractivity contribution in [2.75, 3.05) is 40.3 Å². The van der Waals surface area contributed by atoms with Gasteiger partial charge in [0.25, 0.3) is 5.91 Å². The first-order valence-electron chi connectivity index (χ1n) is 11.5. The molecule has 0 radical (unpaired) electrons. The van der Waals surface area contributed by atoms with Crippen molar-refractivity contribution in [3.63, 3.8) is 0 Å². The number of amides is 2. The first-order valence-corrected chi connectivity index (χ1v) is 11.5. The fraction of sp³-hybridized carbons (Fsp3) is 0.333. The molecule has 2 aliphatic heterocycles. The number of carbonyl (C=O) groups is 2. The summed E-state index contributed by atoms with van der Waals surface area (Å²) in [6.45, 7) is 3.57. The van der Waals surface area contributed by atoms with E-state index in [9.17, 15) is 9.59 Å². The quantitative estimate of drug-likeness (QED) is 0.615. The van der Waals surface area contributed by atoms with Gasteiger partial charge in [0.2, 0.25) is 5.91 Å². The summed E-state index contributed by atoms with van der Waals surface area (Å²) in [5.41, 5.74) is 5.63. The second-order valence-electron chi connectivity index (χ2n) is 9.13. The Morgan fingerprint density at radius 1 is 1.00 bits per heavy atom. The smallest absolute Gasteiger partial charge is 0.289 e. The topological polar surface area (TPSA) is 57.0 Å². The molecule has 0 bridgehead atoms. The summed E-state index contributed by atoms with van der Waals surface area (Å²) in [6, 6.07) is 16.3. The van der Waals surface area contributed by atoms with Crippen LogP contribution in [0.5, 0.6) is 0 Å². The van der Waals surface area contributed by atoms with Crippen LogP contribution in [0, 0.1) is 0 Å². The second kappa shape index (κ2) is 8.87. The maximum Gasteiger partial charge on any atom is 0.289 e. The highest BCUT2D eigenvalue weighted by molar-refractivity contribution is 5.96. The molecular formula is C27H29N3O3. The van der Waals surface area contributed by atoms with E-state index in [0.29, 0.717) is 24.4 Å². The van der Waals surface area contributed by atoms with Crippen molar-refractivity contribution < 1.29 is 14.0 Å². The van der Waals surface area contributed by atoms with E-state index in [1.54, 1.807) is 20.2 Å². The zero-order valence-corrected chi connectivity index (χ0v) is 19.2. The predicted molar refractivity (Wildman–Crippen MR) is 129 cm³/mol. The molecule has 3 aromatic rings. The number of benzene rings is 2. The van der Waals surface area contributed by atoms with Crippen molar-refractivity contribution in [1.82, 2.24) is 14.7 Å². The van der Waals surface area contributed by atoms with E-state index in [1.165, 1.54) is 16.0 Å². The van der Waals surface area contributed by atoms with Crippen LogP contribution in [-0.2, 0) is 17.8 Å². The van der Waals surface area contributed by atoms with Gasteiger partial charge in [-0.3, -0.25) is 14.5 Å². The van der Waals surface area contributed by atoms with Crippen molar-refractivity contribution in [3.8, 4) is 0 Å². The lowest BCUT2D eigenvalue weighted by Crippen LogP contribution is -2.44. The normalized spacial score (nSPS) is 16.4. The standard InChI is InChI=1S/C27H29N3O3/c1-28(2)27(32)25-15-23-14-20(9-10-24(23)33-25)22-8-5-12-30(17-22)26(31)18-29-13-11-19-6-3-4-7-21(19)16-29/h3-4,6-10,14-15H,5,11-13,16-18H2,1-2H3. The van der Waals surface area contributed by atoms with E-state index < -0.39 is 0 Å². The minimum atomic E-state index is -0.151. The fourth-order valence-electron chi connectivity index (χ4n) is 4.72. The van der Waals surface area contributed by atoms with Crippen LogP contribution in [0.25, 0.3) is 16.5 Å². The first-order chi connectivity index (χ1) is 16.0. The average molecular weight is 444 g/mol. The van der Waals surface area contributed by atoms with E-state index in [-0.39, 0.29) is 11.8 Å². The zero-order valence-electron chi connectivity index (χ0n) is 19.2. The molecule has 0 saturated carbocycles. The van der Waals surface area contributed by atoms with Gasteiger partial charge in [-0.15, -0.1) is 0 Å². The zero-order chi connectivity index (χ0) is 22.9. The number of rotatable bonds is 4. The molecule has 6 nitrogen and oxygen atoms in total. The highest BCUT2D eigenvalue weighted by atomic mass is 16.3. The van der Waals surface area contributed by atoms with Gasteiger partial charge in [-0.25, -0.2) is 0 Å². The molecule has 0 saturated heterocycles. The fourth-order valence-corrected chi connectivity index (χ4v) is 4.72. The molecule has 0 atom stereocenters. The van der Waals surface area contributed by atoms with Crippen molar-refractivity contribution in [3.05, 3.63) is 77.1 Å². The molecule has 3 heterocycles. The summed E-state index contributed by atoms with van der Waals surface area (Å²) in [7, 11) is 3.42. The summed E-state index contributed by atoms with van der Waals surface area (Å²) in [4.78, 5) is 31.1. The Balaban J connectivity index is 1.26. The van der Waals surface area contributed by atoms with Gasteiger partial charge in [0, 0.05) is 45.7 Å². The lowest BCUT2D eigenvalue weighted by molar-refractivity contribution is -0.132.